The number of aryl methyl sites for hydroxylation is 1. The Morgan fingerprint density at radius 3 is 3.06 bits per heavy atom. The number of hydrogen-bond acceptors (Lipinski definition) is 3. The first-order valence-corrected chi connectivity index (χ1v) is 6.10. The highest BCUT2D eigenvalue weighted by Crippen LogP contribution is 2.20. The van der Waals surface area contributed by atoms with E-state index in [1.54, 1.807) is 0 Å². The molecule has 0 fully saturated rings. The number of nitrogens with zero attached hydrogens (tertiary/aromatic N) is 1. The fourth-order valence-electron chi connectivity index (χ4n) is 1.91. The van der Waals surface area contributed by atoms with E-state index in [0.29, 0.717) is 0 Å². The van der Waals surface area contributed by atoms with Gasteiger partial charge in [-0.2, -0.15) is 0 Å². The van der Waals surface area contributed by atoms with Crippen LogP contribution in [0.4, 0.5) is 5.69 Å². The van der Waals surface area contributed by atoms with Gasteiger partial charge in [-0.15, -0.1) is 0 Å². The number of benzene rings is 1. The van der Waals surface area contributed by atoms with Crippen LogP contribution in [0.2, 0.25) is 0 Å². The molecule has 0 aliphatic carbocycles. The van der Waals surface area contributed by atoms with E-state index >= 15 is 0 Å². The van der Waals surface area contributed by atoms with Gasteiger partial charge in [-0.25, -0.2) is 4.98 Å². The summed E-state index contributed by atoms with van der Waals surface area (Å²) >= 11 is 0. The molecule has 0 unspecified atom stereocenters. The molecule has 0 saturated heterocycles. The quantitative estimate of drug-likeness (QED) is 0.736. The summed E-state index contributed by atoms with van der Waals surface area (Å²) < 4.78 is 5.58. The van der Waals surface area contributed by atoms with Gasteiger partial charge >= 0.3 is 0 Å². The molecule has 4 heteroatoms. The van der Waals surface area contributed by atoms with E-state index in [4.69, 9.17) is 4.42 Å². The minimum Gasteiger partial charge on any atom is -0.441 e. The number of aromatic nitrogens is 2. The zero-order chi connectivity index (χ0) is 12.4. The van der Waals surface area contributed by atoms with Gasteiger partial charge in [-0.3, -0.25) is 0 Å². The molecule has 0 atom stereocenters. The summed E-state index contributed by atoms with van der Waals surface area (Å²) in [5.74, 6) is 0.785. The van der Waals surface area contributed by atoms with Gasteiger partial charge in [-0.1, -0.05) is 6.92 Å². The Kier molecular flexibility index (Phi) is 2.76. The van der Waals surface area contributed by atoms with Crippen molar-refractivity contribution < 1.29 is 4.42 Å². The summed E-state index contributed by atoms with van der Waals surface area (Å²) in [7, 11) is 0. The maximum atomic E-state index is 5.58. The standard InChI is InChI=1S/C14H15N3O/c1-2-14-17-12-7-11(3-4-13(12)18-14)16-9-10-5-6-15-8-10/h3-8,15-16H,2,9H2,1H3. The van der Waals surface area contributed by atoms with E-state index in [1.165, 1.54) is 5.56 Å². The Balaban J connectivity index is 1.80. The topological polar surface area (TPSA) is 53.9 Å². The first-order chi connectivity index (χ1) is 8.85. The maximum Gasteiger partial charge on any atom is 0.195 e. The van der Waals surface area contributed by atoms with E-state index in [0.717, 1.165) is 35.6 Å². The van der Waals surface area contributed by atoms with Crippen LogP contribution in [0.5, 0.6) is 0 Å². The molecule has 0 spiro atoms. The molecule has 92 valence electrons. The van der Waals surface area contributed by atoms with E-state index in [9.17, 15) is 0 Å². The minimum absolute atomic E-state index is 0.785. The molecular weight excluding hydrogens is 226 g/mol. The van der Waals surface area contributed by atoms with Crippen LogP contribution in [0.1, 0.15) is 18.4 Å². The van der Waals surface area contributed by atoms with Crippen molar-refractivity contribution in [2.75, 3.05) is 5.32 Å². The van der Waals surface area contributed by atoms with Gasteiger partial charge in [0.1, 0.15) is 5.52 Å². The molecule has 0 amide bonds. The van der Waals surface area contributed by atoms with Gasteiger partial charge in [0.15, 0.2) is 11.5 Å². The maximum absolute atomic E-state index is 5.58. The summed E-state index contributed by atoms with van der Waals surface area (Å²) in [6.45, 7) is 2.84. The molecule has 1 aromatic carbocycles. The van der Waals surface area contributed by atoms with Crippen molar-refractivity contribution in [3.8, 4) is 0 Å². The van der Waals surface area contributed by atoms with Gasteiger partial charge < -0.3 is 14.7 Å². The molecule has 0 radical (unpaired) electrons. The Bertz CT molecular complexity index is 640. The molecule has 2 aromatic heterocycles. The summed E-state index contributed by atoms with van der Waals surface area (Å²) in [5, 5.41) is 3.36. The molecule has 0 aliphatic heterocycles. The lowest BCUT2D eigenvalue weighted by molar-refractivity contribution is 0.538. The third-order valence-corrected chi connectivity index (χ3v) is 2.89. The van der Waals surface area contributed by atoms with Crippen LogP contribution in [0, 0.1) is 0 Å². The number of rotatable bonds is 4. The van der Waals surface area contributed by atoms with Crippen LogP contribution < -0.4 is 5.32 Å². The van der Waals surface area contributed by atoms with Gasteiger partial charge in [0, 0.05) is 31.0 Å². The van der Waals surface area contributed by atoms with Crippen molar-refractivity contribution in [3.63, 3.8) is 0 Å². The number of aromatic amines is 1. The molecule has 4 nitrogen and oxygen atoms in total. The van der Waals surface area contributed by atoms with E-state index < -0.39 is 0 Å². The monoisotopic (exact) mass is 241 g/mol. The highest BCUT2D eigenvalue weighted by molar-refractivity contribution is 5.77. The lowest BCUT2D eigenvalue weighted by atomic mass is 10.2. The molecule has 3 aromatic rings. The number of nitrogens with one attached hydrogen (secondary N) is 2. The lowest BCUT2D eigenvalue weighted by Gasteiger charge is -2.03. The summed E-state index contributed by atoms with van der Waals surface area (Å²) in [4.78, 5) is 7.46. The van der Waals surface area contributed by atoms with E-state index in [2.05, 4.69) is 21.4 Å². The van der Waals surface area contributed by atoms with Crippen molar-refractivity contribution in [2.24, 2.45) is 0 Å². The third kappa shape index (κ3) is 2.09. The summed E-state index contributed by atoms with van der Waals surface area (Å²) in [6.07, 6.45) is 4.73. The molecule has 0 saturated carbocycles. The lowest BCUT2D eigenvalue weighted by Crippen LogP contribution is -1.97. The molecule has 0 bridgehead atoms. The van der Waals surface area contributed by atoms with E-state index in [1.807, 2.05) is 37.5 Å². The van der Waals surface area contributed by atoms with Crippen LogP contribution in [0.15, 0.2) is 41.1 Å². The Morgan fingerprint density at radius 2 is 2.28 bits per heavy atom. The second kappa shape index (κ2) is 4.56. The van der Waals surface area contributed by atoms with Crippen molar-refractivity contribution in [1.82, 2.24) is 9.97 Å². The number of anilines is 1. The van der Waals surface area contributed by atoms with Gasteiger partial charge in [0.2, 0.25) is 0 Å². The second-order valence-corrected chi connectivity index (χ2v) is 4.22. The molecule has 2 heterocycles. The summed E-state index contributed by atoms with van der Waals surface area (Å²) in [5.41, 5.74) is 4.04. The van der Waals surface area contributed by atoms with Crippen molar-refractivity contribution >= 4 is 16.8 Å². The van der Waals surface area contributed by atoms with Crippen LogP contribution in [0.25, 0.3) is 11.1 Å². The first-order valence-electron chi connectivity index (χ1n) is 6.10. The first kappa shape index (κ1) is 10.9. The highest BCUT2D eigenvalue weighted by atomic mass is 16.3. The van der Waals surface area contributed by atoms with Crippen LogP contribution >= 0.6 is 0 Å². The van der Waals surface area contributed by atoms with Crippen molar-refractivity contribution in [3.05, 3.63) is 48.1 Å². The van der Waals surface area contributed by atoms with Crippen molar-refractivity contribution in [1.29, 1.82) is 0 Å². The molecule has 2 N–H and O–H groups in total. The average Bonchev–Trinajstić information content (AvgIpc) is 3.04. The highest BCUT2D eigenvalue weighted by Gasteiger charge is 2.04. The normalized spacial score (nSPS) is 10.9. The number of oxazole rings is 1. The zero-order valence-corrected chi connectivity index (χ0v) is 10.2. The molecular formula is C14H15N3O. The fourth-order valence-corrected chi connectivity index (χ4v) is 1.91. The predicted molar refractivity (Wildman–Crippen MR) is 71.5 cm³/mol. The Labute approximate surface area is 105 Å². The van der Waals surface area contributed by atoms with Gasteiger partial charge in [0.25, 0.3) is 0 Å². The van der Waals surface area contributed by atoms with Crippen molar-refractivity contribution in [2.45, 2.75) is 19.9 Å². The van der Waals surface area contributed by atoms with Crippen LogP contribution in [0.3, 0.4) is 0 Å². The molecule has 18 heavy (non-hydrogen) atoms. The Morgan fingerprint density at radius 1 is 1.33 bits per heavy atom. The zero-order valence-electron chi connectivity index (χ0n) is 10.2. The van der Waals surface area contributed by atoms with E-state index in [-0.39, 0.29) is 0 Å². The van der Waals surface area contributed by atoms with Crippen LogP contribution in [-0.2, 0) is 13.0 Å². The number of fused-ring (bicyclic) bond motifs is 1. The average molecular weight is 241 g/mol. The third-order valence-electron chi connectivity index (χ3n) is 2.89. The Hall–Kier alpha value is -2.23. The minimum atomic E-state index is 0.785. The SMILES string of the molecule is CCc1nc2cc(NCc3cc[nH]c3)ccc2o1. The fraction of sp³-hybridized carbons (Fsp3) is 0.214. The second-order valence-electron chi connectivity index (χ2n) is 4.22. The molecule has 0 aliphatic rings. The van der Waals surface area contributed by atoms with Gasteiger partial charge in [0.05, 0.1) is 0 Å². The largest absolute Gasteiger partial charge is 0.441 e. The summed E-state index contributed by atoms with van der Waals surface area (Å²) in [6, 6.07) is 8.04. The smallest absolute Gasteiger partial charge is 0.195 e. The number of hydrogen-bond donors (Lipinski definition) is 2. The van der Waals surface area contributed by atoms with Gasteiger partial charge in [-0.05, 0) is 29.8 Å². The molecule has 3 rings (SSSR count). The van der Waals surface area contributed by atoms with Crippen LogP contribution in [-0.4, -0.2) is 9.97 Å². The number of H-pyrrole nitrogens is 1. The predicted octanol–water partition coefficient (Wildman–Crippen LogP) is 3.33.